The molecule has 1 N–H and O–H groups in total. The maximum Gasteiger partial charge on any atom is 0.291 e. The van der Waals surface area contributed by atoms with Crippen molar-refractivity contribution in [3.05, 3.63) is 47.5 Å². The number of benzene rings is 1. The Bertz CT molecular complexity index is 905. The van der Waals surface area contributed by atoms with Gasteiger partial charge in [0.2, 0.25) is 5.82 Å². The number of aryl methyl sites for hydroxylation is 2. The number of carbonyl (C=O) groups is 1. The fraction of sp³-hybridized carbons (Fsp3) is 0.333. The molecule has 0 unspecified atom stereocenters. The second kappa shape index (κ2) is 7.81. The van der Waals surface area contributed by atoms with Gasteiger partial charge < -0.3 is 14.8 Å². The maximum atomic E-state index is 12.2. The summed E-state index contributed by atoms with van der Waals surface area (Å²) in [6, 6.07) is 9.22. The third-order valence-corrected chi connectivity index (χ3v) is 3.61. The molecule has 0 bridgehead atoms. The summed E-state index contributed by atoms with van der Waals surface area (Å²) in [4.78, 5) is 20.6. The van der Waals surface area contributed by atoms with Crippen LogP contribution in [0.4, 0.5) is 0 Å². The molecule has 8 nitrogen and oxygen atoms in total. The summed E-state index contributed by atoms with van der Waals surface area (Å²) in [7, 11) is 0. The molecule has 1 amide bonds. The lowest BCUT2D eigenvalue weighted by Crippen LogP contribution is -2.29. The van der Waals surface area contributed by atoms with Gasteiger partial charge in [-0.3, -0.25) is 4.79 Å². The molecule has 0 aliphatic carbocycles. The quantitative estimate of drug-likeness (QED) is 0.652. The molecule has 136 valence electrons. The average Bonchev–Trinajstić information content (AvgIpc) is 3.04. The number of nitrogens with zero attached hydrogens (tertiary/aromatic N) is 4. The summed E-state index contributed by atoms with van der Waals surface area (Å²) in [5.41, 5.74) is 1.70. The lowest BCUT2D eigenvalue weighted by molar-refractivity contribution is 0.0937. The molecule has 0 saturated carbocycles. The molecular weight excluding hydrogens is 334 g/mol. The molecule has 8 heteroatoms. The average molecular weight is 355 g/mol. The number of rotatable bonds is 7. The Morgan fingerprint density at radius 2 is 1.81 bits per heavy atom. The Morgan fingerprint density at radius 1 is 1.12 bits per heavy atom. The summed E-state index contributed by atoms with van der Waals surface area (Å²) >= 11 is 0. The van der Waals surface area contributed by atoms with E-state index < -0.39 is 0 Å². The van der Waals surface area contributed by atoms with Crippen molar-refractivity contribution >= 4 is 11.7 Å². The Kier molecular flexibility index (Phi) is 5.31. The van der Waals surface area contributed by atoms with Gasteiger partial charge in [-0.25, -0.2) is 9.50 Å². The van der Waals surface area contributed by atoms with Gasteiger partial charge in [-0.15, -0.1) is 5.10 Å². The molecule has 0 fully saturated rings. The molecule has 0 saturated heterocycles. The molecule has 0 aliphatic rings. The van der Waals surface area contributed by atoms with Crippen LogP contribution in [0.5, 0.6) is 11.5 Å². The maximum absolute atomic E-state index is 12.2. The highest BCUT2D eigenvalue weighted by Gasteiger charge is 2.14. The summed E-state index contributed by atoms with van der Waals surface area (Å²) < 4.78 is 12.5. The summed E-state index contributed by atoms with van der Waals surface area (Å²) in [5.74, 6) is 1.66. The minimum absolute atomic E-state index is 0.0901. The topological polar surface area (TPSA) is 90.6 Å². The third-order valence-electron chi connectivity index (χ3n) is 3.61. The number of hydrogen-bond acceptors (Lipinski definition) is 6. The van der Waals surface area contributed by atoms with Crippen LogP contribution in [0, 0.1) is 13.8 Å². The van der Waals surface area contributed by atoms with E-state index >= 15 is 0 Å². The van der Waals surface area contributed by atoms with Gasteiger partial charge in [-0.1, -0.05) is 0 Å². The SMILES string of the molecule is CCOc1ccc(OCCNC(=O)c2nc3nc(C)cc(C)n3n2)cc1. The standard InChI is InChI=1S/C18H21N5O3/c1-4-25-14-5-7-15(8-6-14)26-10-9-19-17(24)16-21-18-20-12(2)11-13(3)23(18)22-16/h5-8,11H,4,9-10H2,1-3H3,(H,19,24). The number of carbonyl (C=O) groups excluding carboxylic acids is 1. The van der Waals surface area contributed by atoms with Crippen molar-refractivity contribution in [1.82, 2.24) is 24.9 Å². The molecule has 2 heterocycles. The van der Waals surface area contributed by atoms with Crippen LogP contribution in [0.2, 0.25) is 0 Å². The van der Waals surface area contributed by atoms with Crippen LogP contribution in [0.3, 0.4) is 0 Å². The summed E-state index contributed by atoms with van der Waals surface area (Å²) in [5, 5.41) is 6.93. The number of nitrogens with one attached hydrogen (secondary N) is 1. The zero-order chi connectivity index (χ0) is 18.5. The monoisotopic (exact) mass is 355 g/mol. The Labute approximate surface area is 151 Å². The van der Waals surface area contributed by atoms with Crippen LogP contribution in [0.25, 0.3) is 5.78 Å². The normalized spacial score (nSPS) is 10.7. The van der Waals surface area contributed by atoms with Gasteiger partial charge in [0.05, 0.1) is 13.2 Å². The second-order valence-corrected chi connectivity index (χ2v) is 5.69. The van der Waals surface area contributed by atoms with Crippen LogP contribution in [0.15, 0.2) is 30.3 Å². The minimum Gasteiger partial charge on any atom is -0.494 e. The lowest BCUT2D eigenvalue weighted by atomic mass is 10.3. The van der Waals surface area contributed by atoms with Crippen molar-refractivity contribution in [2.45, 2.75) is 20.8 Å². The van der Waals surface area contributed by atoms with E-state index in [1.165, 1.54) is 0 Å². The molecule has 0 aliphatic heterocycles. The van der Waals surface area contributed by atoms with Crippen LogP contribution >= 0.6 is 0 Å². The number of ether oxygens (including phenoxy) is 2. The highest BCUT2D eigenvalue weighted by molar-refractivity contribution is 5.90. The van der Waals surface area contributed by atoms with Gasteiger partial charge in [-0.05, 0) is 51.1 Å². The molecule has 0 spiro atoms. The smallest absolute Gasteiger partial charge is 0.291 e. The van der Waals surface area contributed by atoms with Gasteiger partial charge in [0, 0.05) is 11.4 Å². The fourth-order valence-electron chi connectivity index (χ4n) is 2.47. The van der Waals surface area contributed by atoms with Crippen LogP contribution < -0.4 is 14.8 Å². The molecule has 2 aromatic heterocycles. The van der Waals surface area contributed by atoms with E-state index in [4.69, 9.17) is 9.47 Å². The predicted molar refractivity (Wildman–Crippen MR) is 95.7 cm³/mol. The van der Waals surface area contributed by atoms with Crippen LogP contribution in [-0.2, 0) is 0 Å². The van der Waals surface area contributed by atoms with Gasteiger partial charge >= 0.3 is 0 Å². The van der Waals surface area contributed by atoms with E-state index in [0.717, 1.165) is 17.1 Å². The van der Waals surface area contributed by atoms with E-state index in [9.17, 15) is 4.79 Å². The third kappa shape index (κ3) is 4.08. The first-order chi connectivity index (χ1) is 12.6. The zero-order valence-corrected chi connectivity index (χ0v) is 15.0. The number of hydrogen-bond donors (Lipinski definition) is 1. The van der Waals surface area contributed by atoms with E-state index in [2.05, 4.69) is 20.4 Å². The molecule has 3 aromatic rings. The van der Waals surface area contributed by atoms with E-state index in [-0.39, 0.29) is 11.7 Å². The van der Waals surface area contributed by atoms with Crippen molar-refractivity contribution in [3.8, 4) is 11.5 Å². The largest absolute Gasteiger partial charge is 0.494 e. The molecule has 0 atom stereocenters. The second-order valence-electron chi connectivity index (χ2n) is 5.69. The Morgan fingerprint density at radius 3 is 2.50 bits per heavy atom. The first-order valence-corrected chi connectivity index (χ1v) is 8.41. The van der Waals surface area contributed by atoms with E-state index in [1.807, 2.05) is 51.1 Å². The van der Waals surface area contributed by atoms with Gasteiger partial charge in [-0.2, -0.15) is 4.98 Å². The van der Waals surface area contributed by atoms with Crippen molar-refractivity contribution in [2.24, 2.45) is 0 Å². The van der Waals surface area contributed by atoms with E-state index in [1.54, 1.807) is 4.52 Å². The first kappa shape index (κ1) is 17.7. The first-order valence-electron chi connectivity index (χ1n) is 8.41. The minimum atomic E-state index is -0.358. The van der Waals surface area contributed by atoms with E-state index in [0.29, 0.717) is 31.3 Å². The number of fused-ring (bicyclic) bond motifs is 1. The molecule has 3 rings (SSSR count). The number of aromatic nitrogens is 4. The summed E-state index contributed by atoms with van der Waals surface area (Å²) in [6.45, 7) is 7.00. The lowest BCUT2D eigenvalue weighted by Gasteiger charge is -2.08. The van der Waals surface area contributed by atoms with Gasteiger partial charge in [0.25, 0.3) is 11.7 Å². The molecule has 1 aromatic carbocycles. The highest BCUT2D eigenvalue weighted by atomic mass is 16.5. The van der Waals surface area contributed by atoms with Crippen molar-refractivity contribution in [1.29, 1.82) is 0 Å². The Balaban J connectivity index is 1.52. The summed E-state index contributed by atoms with van der Waals surface area (Å²) in [6.07, 6.45) is 0. The molecule has 26 heavy (non-hydrogen) atoms. The van der Waals surface area contributed by atoms with Gasteiger partial charge in [0.1, 0.15) is 18.1 Å². The van der Waals surface area contributed by atoms with Crippen LogP contribution in [0.1, 0.15) is 28.9 Å². The number of amides is 1. The van der Waals surface area contributed by atoms with Crippen molar-refractivity contribution in [2.75, 3.05) is 19.8 Å². The molecular formula is C18H21N5O3. The highest BCUT2D eigenvalue weighted by Crippen LogP contribution is 2.17. The van der Waals surface area contributed by atoms with Crippen LogP contribution in [-0.4, -0.2) is 45.2 Å². The zero-order valence-electron chi connectivity index (χ0n) is 15.0. The fourth-order valence-corrected chi connectivity index (χ4v) is 2.47. The van der Waals surface area contributed by atoms with Crippen molar-refractivity contribution < 1.29 is 14.3 Å². The predicted octanol–water partition coefficient (Wildman–Crippen LogP) is 1.95. The van der Waals surface area contributed by atoms with Gasteiger partial charge in [0.15, 0.2) is 0 Å². The molecule has 0 radical (unpaired) electrons. The van der Waals surface area contributed by atoms with Crippen molar-refractivity contribution in [3.63, 3.8) is 0 Å². The Hall–Kier alpha value is -3.16.